The predicted molar refractivity (Wildman–Crippen MR) is 79.8 cm³/mol. The Balaban J connectivity index is 1.81. The highest BCUT2D eigenvalue weighted by Crippen LogP contribution is 2.30. The van der Waals surface area contributed by atoms with Crippen molar-refractivity contribution in [1.82, 2.24) is 14.5 Å². The number of ether oxygens (including phenoxy) is 1. The SMILES string of the molecule is CCOC[C@H]1CN(C(=O)C2=CCCC2)Cc2ncn(C)c21. The van der Waals surface area contributed by atoms with Crippen LogP contribution in [0.3, 0.4) is 0 Å². The molecule has 1 atom stereocenters. The molecule has 0 radical (unpaired) electrons. The zero-order chi connectivity index (χ0) is 14.8. The van der Waals surface area contributed by atoms with Crippen molar-refractivity contribution in [3.05, 3.63) is 29.4 Å². The van der Waals surface area contributed by atoms with Crippen LogP contribution < -0.4 is 0 Å². The lowest BCUT2D eigenvalue weighted by atomic mass is 9.98. The number of hydrogen-bond acceptors (Lipinski definition) is 3. The third-order valence-corrected chi connectivity index (χ3v) is 4.36. The summed E-state index contributed by atoms with van der Waals surface area (Å²) in [5, 5.41) is 0. The van der Waals surface area contributed by atoms with Gasteiger partial charge in [0.15, 0.2) is 0 Å². The van der Waals surface area contributed by atoms with Gasteiger partial charge in [-0.2, -0.15) is 0 Å². The van der Waals surface area contributed by atoms with Gasteiger partial charge < -0.3 is 14.2 Å². The number of allylic oxidation sites excluding steroid dienone is 1. The highest BCUT2D eigenvalue weighted by atomic mass is 16.5. The predicted octanol–water partition coefficient (Wildman–Crippen LogP) is 1.99. The van der Waals surface area contributed by atoms with Gasteiger partial charge in [-0.15, -0.1) is 0 Å². The van der Waals surface area contributed by atoms with Gasteiger partial charge in [-0.25, -0.2) is 4.98 Å². The average molecular weight is 289 g/mol. The van der Waals surface area contributed by atoms with Crippen molar-refractivity contribution in [3.8, 4) is 0 Å². The number of carbonyl (C=O) groups is 1. The van der Waals surface area contributed by atoms with Gasteiger partial charge in [0.2, 0.25) is 5.91 Å². The number of nitrogens with zero attached hydrogens (tertiary/aromatic N) is 3. The van der Waals surface area contributed by atoms with Gasteiger partial charge in [0.25, 0.3) is 0 Å². The van der Waals surface area contributed by atoms with E-state index in [1.807, 2.05) is 25.2 Å². The number of aromatic nitrogens is 2. The fourth-order valence-electron chi connectivity index (χ4n) is 3.35. The van der Waals surface area contributed by atoms with Crippen LogP contribution in [0.25, 0.3) is 0 Å². The second kappa shape index (κ2) is 6.02. The largest absolute Gasteiger partial charge is 0.381 e. The monoisotopic (exact) mass is 289 g/mol. The molecular formula is C16H23N3O2. The molecule has 21 heavy (non-hydrogen) atoms. The third-order valence-electron chi connectivity index (χ3n) is 4.36. The number of hydrogen-bond donors (Lipinski definition) is 0. The number of fused-ring (bicyclic) bond motifs is 1. The summed E-state index contributed by atoms with van der Waals surface area (Å²) in [6, 6.07) is 0. The fourth-order valence-corrected chi connectivity index (χ4v) is 3.35. The van der Waals surface area contributed by atoms with Gasteiger partial charge in [0, 0.05) is 37.4 Å². The molecule has 0 bridgehead atoms. The van der Waals surface area contributed by atoms with Crippen LogP contribution in [0, 0.1) is 0 Å². The molecular weight excluding hydrogens is 266 g/mol. The number of imidazole rings is 1. The first-order valence-corrected chi connectivity index (χ1v) is 7.76. The van der Waals surface area contributed by atoms with Crippen LogP contribution in [0.4, 0.5) is 0 Å². The molecule has 0 saturated heterocycles. The Morgan fingerprint density at radius 2 is 2.38 bits per heavy atom. The Bertz CT molecular complexity index is 562. The van der Waals surface area contributed by atoms with Crippen LogP contribution in [-0.4, -0.2) is 40.1 Å². The Morgan fingerprint density at radius 3 is 3.10 bits per heavy atom. The zero-order valence-corrected chi connectivity index (χ0v) is 12.8. The van der Waals surface area contributed by atoms with E-state index < -0.39 is 0 Å². The summed E-state index contributed by atoms with van der Waals surface area (Å²) < 4.78 is 7.68. The van der Waals surface area contributed by atoms with E-state index in [1.54, 1.807) is 0 Å². The summed E-state index contributed by atoms with van der Waals surface area (Å²) in [5.74, 6) is 0.400. The average Bonchev–Trinajstić information content (AvgIpc) is 3.14. The smallest absolute Gasteiger partial charge is 0.249 e. The Labute approximate surface area is 125 Å². The van der Waals surface area contributed by atoms with Crippen molar-refractivity contribution in [2.75, 3.05) is 19.8 Å². The number of amides is 1. The molecule has 1 amide bonds. The molecule has 1 aliphatic carbocycles. The molecule has 0 saturated carbocycles. The van der Waals surface area contributed by atoms with Gasteiger partial charge in [-0.3, -0.25) is 4.79 Å². The summed E-state index contributed by atoms with van der Waals surface area (Å²) in [6.07, 6.45) is 6.99. The molecule has 0 spiro atoms. The molecule has 1 aliphatic heterocycles. The van der Waals surface area contributed by atoms with Crippen LogP contribution in [0.2, 0.25) is 0 Å². The van der Waals surface area contributed by atoms with Gasteiger partial charge in [-0.1, -0.05) is 6.08 Å². The number of rotatable bonds is 4. The number of aryl methyl sites for hydroxylation is 1. The van der Waals surface area contributed by atoms with Crippen LogP contribution >= 0.6 is 0 Å². The minimum Gasteiger partial charge on any atom is -0.381 e. The quantitative estimate of drug-likeness (QED) is 0.851. The lowest BCUT2D eigenvalue weighted by Crippen LogP contribution is -2.40. The summed E-state index contributed by atoms with van der Waals surface area (Å²) in [6.45, 7) is 4.69. The highest BCUT2D eigenvalue weighted by molar-refractivity contribution is 5.94. The lowest BCUT2D eigenvalue weighted by molar-refractivity contribution is -0.128. The fraction of sp³-hybridized carbons (Fsp3) is 0.625. The standard InChI is InChI=1S/C16H23N3O2/c1-3-21-10-13-8-19(16(20)12-6-4-5-7-12)9-14-15(13)18(2)11-17-14/h6,11,13H,3-5,7-10H2,1-2H3/t13-/m1/s1. The lowest BCUT2D eigenvalue weighted by Gasteiger charge is -2.33. The van der Waals surface area contributed by atoms with Gasteiger partial charge in [0.05, 0.1) is 25.2 Å². The van der Waals surface area contributed by atoms with Crippen LogP contribution in [0.15, 0.2) is 18.0 Å². The molecule has 1 aromatic heterocycles. The second-order valence-electron chi connectivity index (χ2n) is 5.85. The van der Waals surface area contributed by atoms with E-state index in [2.05, 4.69) is 15.6 Å². The van der Waals surface area contributed by atoms with Crippen molar-refractivity contribution in [1.29, 1.82) is 0 Å². The topological polar surface area (TPSA) is 47.4 Å². The molecule has 1 aromatic rings. The van der Waals surface area contributed by atoms with Crippen LogP contribution in [0.1, 0.15) is 43.5 Å². The molecule has 2 aliphatic rings. The van der Waals surface area contributed by atoms with Crippen molar-refractivity contribution < 1.29 is 9.53 Å². The second-order valence-corrected chi connectivity index (χ2v) is 5.85. The highest BCUT2D eigenvalue weighted by Gasteiger charge is 2.32. The molecule has 2 heterocycles. The maximum atomic E-state index is 12.6. The van der Waals surface area contributed by atoms with Crippen molar-refractivity contribution in [2.24, 2.45) is 7.05 Å². The molecule has 0 aromatic carbocycles. The first kappa shape index (κ1) is 14.3. The van der Waals surface area contributed by atoms with Crippen molar-refractivity contribution in [3.63, 3.8) is 0 Å². The van der Waals surface area contributed by atoms with E-state index in [1.165, 1.54) is 5.69 Å². The van der Waals surface area contributed by atoms with Crippen molar-refractivity contribution >= 4 is 5.91 Å². The first-order valence-electron chi connectivity index (χ1n) is 7.76. The summed E-state index contributed by atoms with van der Waals surface area (Å²) in [7, 11) is 2.02. The minimum atomic E-state index is 0.185. The van der Waals surface area contributed by atoms with E-state index in [9.17, 15) is 4.79 Å². The van der Waals surface area contributed by atoms with Crippen LogP contribution in [-0.2, 0) is 23.1 Å². The molecule has 5 heteroatoms. The minimum absolute atomic E-state index is 0.185. The Hall–Kier alpha value is -1.62. The summed E-state index contributed by atoms with van der Waals surface area (Å²) >= 11 is 0. The van der Waals surface area contributed by atoms with E-state index in [4.69, 9.17) is 4.74 Å². The van der Waals surface area contributed by atoms with Crippen LogP contribution in [0.5, 0.6) is 0 Å². The maximum Gasteiger partial charge on any atom is 0.249 e. The molecule has 114 valence electrons. The number of carbonyl (C=O) groups excluding carboxylic acids is 1. The Kier molecular flexibility index (Phi) is 4.10. The van der Waals surface area contributed by atoms with Gasteiger partial charge >= 0.3 is 0 Å². The molecule has 0 N–H and O–H groups in total. The zero-order valence-electron chi connectivity index (χ0n) is 12.8. The van der Waals surface area contributed by atoms with E-state index >= 15 is 0 Å². The van der Waals surface area contributed by atoms with E-state index in [0.29, 0.717) is 19.8 Å². The molecule has 0 fully saturated rings. The summed E-state index contributed by atoms with van der Waals surface area (Å²) in [4.78, 5) is 19.0. The first-order chi connectivity index (χ1) is 10.2. The summed E-state index contributed by atoms with van der Waals surface area (Å²) in [5.41, 5.74) is 3.21. The van der Waals surface area contributed by atoms with E-state index in [0.717, 1.165) is 37.1 Å². The normalized spacial score (nSPS) is 21.3. The van der Waals surface area contributed by atoms with Crippen molar-refractivity contribution in [2.45, 2.75) is 38.6 Å². The molecule has 3 rings (SSSR count). The van der Waals surface area contributed by atoms with E-state index in [-0.39, 0.29) is 11.8 Å². The maximum absolute atomic E-state index is 12.6. The van der Waals surface area contributed by atoms with Gasteiger partial charge in [0.1, 0.15) is 0 Å². The third kappa shape index (κ3) is 2.75. The van der Waals surface area contributed by atoms with Gasteiger partial charge in [-0.05, 0) is 26.2 Å². The Morgan fingerprint density at radius 1 is 1.52 bits per heavy atom. The molecule has 5 nitrogen and oxygen atoms in total. The molecule has 0 unspecified atom stereocenters.